The lowest BCUT2D eigenvalue weighted by Crippen LogP contribution is -2.52. The van der Waals surface area contributed by atoms with Gasteiger partial charge in [0.1, 0.15) is 5.75 Å². The summed E-state index contributed by atoms with van der Waals surface area (Å²) in [5.74, 6) is 1.98. The predicted octanol–water partition coefficient (Wildman–Crippen LogP) is 2.35. The number of para-hydroxylation sites is 2. The molecule has 1 aliphatic rings. The highest BCUT2D eigenvalue weighted by molar-refractivity contribution is 14.0. The molecule has 26 heavy (non-hydrogen) atoms. The van der Waals surface area contributed by atoms with Crippen LogP contribution in [0.2, 0.25) is 0 Å². The van der Waals surface area contributed by atoms with Crippen LogP contribution in [0.15, 0.2) is 29.3 Å². The van der Waals surface area contributed by atoms with E-state index in [1.165, 1.54) is 5.69 Å². The van der Waals surface area contributed by atoms with E-state index in [0.29, 0.717) is 0 Å². The summed E-state index contributed by atoms with van der Waals surface area (Å²) < 4.78 is 5.50. The van der Waals surface area contributed by atoms with E-state index < -0.39 is 0 Å². The van der Waals surface area contributed by atoms with Gasteiger partial charge in [0, 0.05) is 39.3 Å². The van der Waals surface area contributed by atoms with Crippen molar-refractivity contribution in [2.75, 3.05) is 71.4 Å². The van der Waals surface area contributed by atoms with Crippen LogP contribution in [-0.2, 0) is 0 Å². The molecule has 1 N–H and O–H groups in total. The maximum Gasteiger partial charge on any atom is 0.194 e. The summed E-state index contributed by atoms with van der Waals surface area (Å²) in [5, 5.41) is 3.44. The van der Waals surface area contributed by atoms with Crippen LogP contribution in [0, 0.1) is 0 Å². The Morgan fingerprint density at radius 3 is 2.50 bits per heavy atom. The number of ether oxygens (including phenoxy) is 1. The predicted molar refractivity (Wildman–Crippen MR) is 121 cm³/mol. The SMILES string of the molecule is CCNC(=NCCN(C)CC)N1CCN(c2ccccc2OC)CC1.I. The van der Waals surface area contributed by atoms with Crippen molar-refractivity contribution >= 4 is 35.6 Å². The van der Waals surface area contributed by atoms with Gasteiger partial charge < -0.3 is 24.8 Å². The van der Waals surface area contributed by atoms with Crippen molar-refractivity contribution in [2.24, 2.45) is 4.99 Å². The Morgan fingerprint density at radius 1 is 1.19 bits per heavy atom. The molecule has 0 aromatic heterocycles. The third-order valence-electron chi connectivity index (χ3n) is 4.62. The Labute approximate surface area is 175 Å². The summed E-state index contributed by atoms with van der Waals surface area (Å²) >= 11 is 0. The molecule has 0 radical (unpaired) electrons. The molecule has 148 valence electrons. The van der Waals surface area contributed by atoms with Crippen LogP contribution in [0.4, 0.5) is 5.69 Å². The van der Waals surface area contributed by atoms with Gasteiger partial charge >= 0.3 is 0 Å². The molecule has 2 rings (SSSR count). The minimum Gasteiger partial charge on any atom is -0.495 e. The second-order valence-corrected chi connectivity index (χ2v) is 6.28. The zero-order valence-corrected chi connectivity index (χ0v) is 18.9. The minimum atomic E-state index is 0. The molecule has 1 aliphatic heterocycles. The summed E-state index contributed by atoms with van der Waals surface area (Å²) in [6.45, 7) is 12.0. The third-order valence-corrected chi connectivity index (χ3v) is 4.62. The molecule has 1 saturated heterocycles. The molecule has 0 bridgehead atoms. The lowest BCUT2D eigenvalue weighted by molar-refractivity contribution is 0.353. The molecular weight excluding hydrogens is 441 g/mol. The summed E-state index contributed by atoms with van der Waals surface area (Å²) in [6.07, 6.45) is 0. The van der Waals surface area contributed by atoms with Crippen molar-refractivity contribution in [1.29, 1.82) is 0 Å². The van der Waals surface area contributed by atoms with Crippen LogP contribution < -0.4 is 15.0 Å². The molecule has 6 nitrogen and oxygen atoms in total. The average molecular weight is 475 g/mol. The maximum absolute atomic E-state index is 5.50. The fourth-order valence-corrected chi connectivity index (χ4v) is 2.96. The van der Waals surface area contributed by atoms with E-state index in [9.17, 15) is 0 Å². The highest BCUT2D eigenvalue weighted by atomic mass is 127. The van der Waals surface area contributed by atoms with Crippen LogP contribution in [0.25, 0.3) is 0 Å². The standard InChI is InChI=1S/C19H33N5O.HI/c1-5-20-19(21-11-12-22(3)6-2)24-15-13-23(14-16-24)17-9-7-8-10-18(17)25-4;/h7-10H,5-6,11-16H2,1-4H3,(H,20,21);1H. The first kappa shape index (κ1) is 22.8. The van der Waals surface area contributed by atoms with Gasteiger partial charge in [-0.1, -0.05) is 19.1 Å². The van der Waals surface area contributed by atoms with E-state index in [1.807, 2.05) is 12.1 Å². The number of halogens is 1. The normalized spacial score (nSPS) is 15.0. The molecule has 1 fully saturated rings. The zero-order valence-electron chi connectivity index (χ0n) is 16.6. The Bertz CT molecular complexity index is 546. The number of hydrogen-bond donors (Lipinski definition) is 1. The Kier molecular flexibility index (Phi) is 10.7. The Balaban J connectivity index is 0.00000338. The molecule has 0 atom stereocenters. The number of nitrogens with one attached hydrogen (secondary N) is 1. The fraction of sp³-hybridized carbons (Fsp3) is 0.632. The minimum absolute atomic E-state index is 0. The van der Waals surface area contributed by atoms with Gasteiger partial charge in [-0.25, -0.2) is 0 Å². The van der Waals surface area contributed by atoms with Crippen molar-refractivity contribution in [2.45, 2.75) is 13.8 Å². The number of rotatable bonds is 7. The monoisotopic (exact) mass is 475 g/mol. The van der Waals surface area contributed by atoms with E-state index in [0.717, 1.165) is 64.1 Å². The number of guanidine groups is 1. The second kappa shape index (κ2) is 12.2. The average Bonchev–Trinajstić information content (AvgIpc) is 2.67. The summed E-state index contributed by atoms with van der Waals surface area (Å²) in [4.78, 5) is 11.8. The molecule has 0 amide bonds. The lowest BCUT2D eigenvalue weighted by Gasteiger charge is -2.38. The van der Waals surface area contributed by atoms with Gasteiger partial charge in [-0.2, -0.15) is 0 Å². The van der Waals surface area contributed by atoms with E-state index in [-0.39, 0.29) is 24.0 Å². The van der Waals surface area contributed by atoms with Crippen molar-refractivity contribution in [1.82, 2.24) is 15.1 Å². The highest BCUT2D eigenvalue weighted by Gasteiger charge is 2.21. The van der Waals surface area contributed by atoms with E-state index in [2.05, 4.69) is 53.0 Å². The van der Waals surface area contributed by atoms with E-state index >= 15 is 0 Å². The van der Waals surface area contributed by atoms with E-state index in [1.54, 1.807) is 7.11 Å². The van der Waals surface area contributed by atoms with Crippen LogP contribution >= 0.6 is 24.0 Å². The number of likely N-dealkylation sites (N-methyl/N-ethyl adjacent to an activating group) is 1. The van der Waals surface area contributed by atoms with Gasteiger partial charge in [0.2, 0.25) is 0 Å². The Morgan fingerprint density at radius 2 is 1.88 bits per heavy atom. The number of anilines is 1. The molecule has 1 aromatic rings. The number of benzene rings is 1. The molecule has 7 heteroatoms. The first-order valence-electron chi connectivity index (χ1n) is 9.29. The molecular formula is C19H34IN5O. The van der Waals surface area contributed by atoms with Crippen LogP contribution in [-0.4, -0.2) is 82.3 Å². The van der Waals surface area contributed by atoms with Gasteiger partial charge in [0.05, 0.1) is 19.3 Å². The van der Waals surface area contributed by atoms with Crippen molar-refractivity contribution in [3.05, 3.63) is 24.3 Å². The number of aliphatic imine (C=N–C) groups is 1. The second-order valence-electron chi connectivity index (χ2n) is 6.28. The first-order valence-corrected chi connectivity index (χ1v) is 9.29. The number of piperazine rings is 1. The lowest BCUT2D eigenvalue weighted by atomic mass is 10.2. The Hall–Kier alpha value is -1.22. The van der Waals surface area contributed by atoms with Crippen molar-refractivity contribution in [3.63, 3.8) is 0 Å². The van der Waals surface area contributed by atoms with Gasteiger partial charge in [-0.3, -0.25) is 4.99 Å². The molecule has 0 spiro atoms. The summed E-state index contributed by atoms with van der Waals surface area (Å²) in [7, 11) is 3.87. The van der Waals surface area contributed by atoms with E-state index in [4.69, 9.17) is 9.73 Å². The van der Waals surface area contributed by atoms with Crippen LogP contribution in [0.5, 0.6) is 5.75 Å². The topological polar surface area (TPSA) is 43.3 Å². The van der Waals surface area contributed by atoms with Crippen LogP contribution in [0.1, 0.15) is 13.8 Å². The van der Waals surface area contributed by atoms with Gasteiger partial charge in [0.15, 0.2) is 5.96 Å². The van der Waals surface area contributed by atoms with Crippen molar-refractivity contribution in [3.8, 4) is 5.75 Å². The zero-order chi connectivity index (χ0) is 18.1. The van der Waals surface area contributed by atoms with Crippen LogP contribution in [0.3, 0.4) is 0 Å². The van der Waals surface area contributed by atoms with Gasteiger partial charge in [-0.05, 0) is 32.6 Å². The number of nitrogens with zero attached hydrogens (tertiary/aromatic N) is 4. The molecule has 1 heterocycles. The quantitative estimate of drug-likeness (QED) is 0.373. The number of hydrogen-bond acceptors (Lipinski definition) is 4. The summed E-state index contributed by atoms with van der Waals surface area (Å²) in [6, 6.07) is 8.24. The fourth-order valence-electron chi connectivity index (χ4n) is 2.96. The smallest absolute Gasteiger partial charge is 0.194 e. The highest BCUT2D eigenvalue weighted by Crippen LogP contribution is 2.28. The summed E-state index contributed by atoms with van der Waals surface area (Å²) in [5.41, 5.74) is 1.18. The first-order chi connectivity index (χ1) is 12.2. The molecule has 1 aromatic carbocycles. The molecule has 0 unspecified atom stereocenters. The molecule has 0 aliphatic carbocycles. The molecule has 0 saturated carbocycles. The number of methoxy groups -OCH3 is 1. The largest absolute Gasteiger partial charge is 0.495 e. The van der Waals surface area contributed by atoms with Gasteiger partial charge in [-0.15, -0.1) is 24.0 Å². The third kappa shape index (κ3) is 6.50. The maximum atomic E-state index is 5.50. The van der Waals surface area contributed by atoms with Gasteiger partial charge in [0.25, 0.3) is 0 Å². The van der Waals surface area contributed by atoms with Crippen molar-refractivity contribution < 1.29 is 4.74 Å².